The highest BCUT2D eigenvalue weighted by Crippen LogP contribution is 2.17. The summed E-state index contributed by atoms with van der Waals surface area (Å²) < 4.78 is 40.9. The number of aromatic nitrogens is 1. The summed E-state index contributed by atoms with van der Waals surface area (Å²) in [5, 5.41) is 0. The fourth-order valence-corrected chi connectivity index (χ4v) is 1.63. The molecule has 0 aliphatic carbocycles. The third kappa shape index (κ3) is 6.33. The largest absolute Gasteiger partial charge is 0.468 e. The number of rotatable bonds is 4. The van der Waals surface area contributed by atoms with Gasteiger partial charge in [-0.1, -0.05) is 0 Å². The van der Waals surface area contributed by atoms with E-state index in [-0.39, 0.29) is 5.88 Å². The summed E-state index contributed by atoms with van der Waals surface area (Å²) in [6.45, 7) is -1.02. The second-order valence-electron chi connectivity index (χ2n) is 4.81. The third-order valence-corrected chi connectivity index (χ3v) is 2.39. The first kappa shape index (κ1) is 17.1. The van der Waals surface area contributed by atoms with Crippen LogP contribution in [0.4, 0.5) is 13.2 Å². The van der Waals surface area contributed by atoms with Gasteiger partial charge in [-0.05, 0) is 11.6 Å². The molecule has 0 aromatic carbocycles. The summed E-state index contributed by atoms with van der Waals surface area (Å²) in [6.07, 6.45) is -2.97. The normalized spacial score (nSPS) is 11.0. The Morgan fingerprint density at radius 2 is 1.86 bits per heavy atom. The van der Waals surface area contributed by atoms with Crippen LogP contribution < -0.4 is 4.74 Å². The lowest BCUT2D eigenvalue weighted by atomic mass is 10.3. The van der Waals surface area contributed by atoms with Gasteiger partial charge in [-0.15, -0.1) is 0 Å². The van der Waals surface area contributed by atoms with Crippen molar-refractivity contribution in [3.8, 4) is 5.88 Å². The first-order chi connectivity index (χ1) is 9.69. The van der Waals surface area contributed by atoms with Gasteiger partial charge in [0.25, 0.3) is 0 Å². The van der Waals surface area contributed by atoms with E-state index in [0.717, 1.165) is 11.5 Å². The van der Waals surface area contributed by atoms with Gasteiger partial charge in [-0.2, -0.15) is 13.2 Å². The summed E-state index contributed by atoms with van der Waals surface area (Å²) in [4.78, 5) is 11.9. The topological polar surface area (TPSA) is 41.0 Å². The van der Waals surface area contributed by atoms with Crippen molar-refractivity contribution in [3.63, 3.8) is 0 Å². The van der Waals surface area contributed by atoms with Gasteiger partial charge < -0.3 is 14.5 Å². The molecule has 5 nitrogen and oxygen atoms in total. The Morgan fingerprint density at radius 3 is 2.38 bits per heavy atom. The van der Waals surface area contributed by atoms with E-state index >= 15 is 0 Å². The molecular weight excluding hydrogens is 285 g/mol. The molecule has 0 amide bonds. The molecule has 1 aromatic heterocycles. The molecule has 1 rings (SSSR count). The highest BCUT2D eigenvalue weighted by Gasteiger charge is 2.28. The van der Waals surface area contributed by atoms with E-state index in [2.05, 4.69) is 14.7 Å². The van der Waals surface area contributed by atoms with Crippen molar-refractivity contribution in [2.75, 3.05) is 34.8 Å². The van der Waals surface area contributed by atoms with Crippen LogP contribution in [0.5, 0.6) is 5.88 Å². The molecule has 1 aromatic rings. The third-order valence-electron chi connectivity index (χ3n) is 2.39. The van der Waals surface area contributed by atoms with E-state index in [1.165, 1.54) is 12.3 Å². The van der Waals surface area contributed by atoms with Gasteiger partial charge >= 0.3 is 6.18 Å². The quantitative estimate of drug-likeness (QED) is 0.630. The lowest BCUT2D eigenvalue weighted by molar-refractivity contribution is -0.154. The molecule has 0 fully saturated rings. The second-order valence-corrected chi connectivity index (χ2v) is 4.81. The van der Waals surface area contributed by atoms with E-state index in [1.807, 2.05) is 38.0 Å². The first-order valence-electron chi connectivity index (χ1n) is 6.22. The maximum Gasteiger partial charge on any atom is 0.422 e. The average Bonchev–Trinajstić information content (AvgIpc) is 2.35. The number of nitrogens with zero attached hydrogens (tertiary/aromatic N) is 4. The molecule has 0 saturated heterocycles. The number of hydrogen-bond acceptors (Lipinski definition) is 3. The van der Waals surface area contributed by atoms with Gasteiger partial charge in [0.15, 0.2) is 12.6 Å². The number of hydrogen-bond donors (Lipinski definition) is 0. The highest BCUT2D eigenvalue weighted by atomic mass is 19.4. The van der Waals surface area contributed by atoms with Crippen LogP contribution in [0.25, 0.3) is 0 Å². The van der Waals surface area contributed by atoms with Crippen molar-refractivity contribution >= 4 is 5.96 Å². The number of alkyl halides is 3. The van der Waals surface area contributed by atoms with Crippen molar-refractivity contribution in [2.24, 2.45) is 4.99 Å². The van der Waals surface area contributed by atoms with E-state index in [4.69, 9.17) is 0 Å². The summed E-state index contributed by atoms with van der Waals surface area (Å²) in [6, 6.07) is 3.14. The molecule has 1 heterocycles. The predicted molar refractivity (Wildman–Crippen MR) is 74.3 cm³/mol. The summed E-state index contributed by atoms with van der Waals surface area (Å²) >= 11 is 0. The minimum atomic E-state index is -4.38. The zero-order valence-corrected chi connectivity index (χ0v) is 12.5. The molecule has 0 spiro atoms. The summed E-state index contributed by atoms with van der Waals surface area (Å²) in [7, 11) is 7.46. The Hall–Kier alpha value is -1.99. The van der Waals surface area contributed by atoms with Crippen LogP contribution in [0.3, 0.4) is 0 Å². The Labute approximate surface area is 122 Å². The van der Waals surface area contributed by atoms with Crippen molar-refractivity contribution in [2.45, 2.75) is 12.7 Å². The molecule has 21 heavy (non-hydrogen) atoms. The Balaban J connectivity index is 2.74. The number of pyridine rings is 1. The fraction of sp³-hybridized carbons (Fsp3) is 0.538. The minimum Gasteiger partial charge on any atom is -0.468 e. The van der Waals surface area contributed by atoms with Crippen LogP contribution in [0, 0.1) is 0 Å². The maximum atomic E-state index is 12.1. The van der Waals surface area contributed by atoms with E-state index < -0.39 is 12.8 Å². The minimum absolute atomic E-state index is 0.0590. The summed E-state index contributed by atoms with van der Waals surface area (Å²) in [5.41, 5.74) is 0.725. The Kier molecular flexibility index (Phi) is 5.80. The van der Waals surface area contributed by atoms with Crippen LogP contribution in [-0.2, 0) is 6.54 Å². The van der Waals surface area contributed by atoms with Crippen molar-refractivity contribution < 1.29 is 17.9 Å². The highest BCUT2D eigenvalue weighted by molar-refractivity contribution is 5.79. The van der Waals surface area contributed by atoms with Crippen molar-refractivity contribution in [3.05, 3.63) is 23.9 Å². The molecule has 0 aliphatic heterocycles. The van der Waals surface area contributed by atoms with E-state index in [1.54, 1.807) is 6.07 Å². The molecule has 0 atom stereocenters. The van der Waals surface area contributed by atoms with Gasteiger partial charge in [-0.25, -0.2) is 9.98 Å². The molecular formula is C13H19F3N4O. The van der Waals surface area contributed by atoms with Crippen molar-refractivity contribution in [1.82, 2.24) is 14.8 Å². The lowest BCUT2D eigenvalue weighted by Crippen LogP contribution is -2.35. The van der Waals surface area contributed by atoms with Crippen LogP contribution in [0.15, 0.2) is 23.3 Å². The number of guanidine groups is 1. The molecule has 0 radical (unpaired) electrons. The maximum absolute atomic E-state index is 12.1. The monoisotopic (exact) mass is 304 g/mol. The molecule has 0 saturated carbocycles. The van der Waals surface area contributed by atoms with Gasteiger partial charge in [0.1, 0.15) is 0 Å². The first-order valence-corrected chi connectivity index (χ1v) is 6.22. The predicted octanol–water partition coefficient (Wildman–Crippen LogP) is 2.00. The lowest BCUT2D eigenvalue weighted by Gasteiger charge is -2.22. The molecule has 0 bridgehead atoms. The van der Waals surface area contributed by atoms with Crippen LogP contribution in [0.2, 0.25) is 0 Å². The zero-order chi connectivity index (χ0) is 16.0. The number of aliphatic imine (C=N–C) groups is 1. The van der Waals surface area contributed by atoms with Gasteiger partial charge in [0.05, 0.1) is 6.54 Å². The van der Waals surface area contributed by atoms with Gasteiger partial charge in [0.2, 0.25) is 5.88 Å². The Bertz CT molecular complexity index is 477. The zero-order valence-electron chi connectivity index (χ0n) is 12.5. The molecule has 118 valence electrons. The van der Waals surface area contributed by atoms with Crippen molar-refractivity contribution in [1.29, 1.82) is 0 Å². The van der Waals surface area contributed by atoms with Crippen LogP contribution in [0.1, 0.15) is 5.56 Å². The average molecular weight is 304 g/mol. The van der Waals surface area contributed by atoms with Gasteiger partial charge in [-0.3, -0.25) is 0 Å². The molecule has 0 unspecified atom stereocenters. The molecule has 8 heteroatoms. The second kappa shape index (κ2) is 7.14. The van der Waals surface area contributed by atoms with Crippen LogP contribution >= 0.6 is 0 Å². The van der Waals surface area contributed by atoms with E-state index in [0.29, 0.717) is 6.54 Å². The number of halogens is 3. The Morgan fingerprint density at radius 1 is 1.24 bits per heavy atom. The van der Waals surface area contributed by atoms with Crippen LogP contribution in [-0.4, -0.2) is 61.7 Å². The molecule has 0 N–H and O–H groups in total. The summed E-state index contributed by atoms with van der Waals surface area (Å²) in [5.74, 6) is 0.695. The van der Waals surface area contributed by atoms with E-state index in [9.17, 15) is 13.2 Å². The molecule has 0 aliphatic rings. The fourth-order valence-electron chi connectivity index (χ4n) is 1.63. The number of ether oxygens (including phenoxy) is 1. The smallest absolute Gasteiger partial charge is 0.422 e. The standard InChI is InChI=1S/C13H19F3N4O/c1-19(2)12(20(3)4)18-8-10-5-6-17-11(7-10)21-9-13(14,15)16/h5-7H,8-9H2,1-4H3. The van der Waals surface area contributed by atoms with Gasteiger partial charge in [0, 0.05) is 40.5 Å². The SMILES string of the molecule is CN(C)C(=NCc1ccnc(OCC(F)(F)F)c1)N(C)C.